The molecule has 3 heteroatoms. The van der Waals surface area contributed by atoms with Crippen LogP contribution in [0, 0.1) is 5.82 Å². The van der Waals surface area contributed by atoms with Crippen LogP contribution < -0.4 is 0 Å². The first kappa shape index (κ1) is 9.71. The molecule has 70 valence electrons. The van der Waals surface area contributed by atoms with Crippen molar-refractivity contribution in [3.8, 4) is 0 Å². The highest BCUT2D eigenvalue weighted by Crippen LogP contribution is 2.22. The molecule has 0 bridgehead atoms. The molecular formula is C10H11FO2. The van der Waals surface area contributed by atoms with Crippen LogP contribution in [0.4, 0.5) is 4.39 Å². The second kappa shape index (κ2) is 3.56. The molecule has 2 nitrogen and oxygen atoms in total. The highest BCUT2D eigenvalue weighted by Gasteiger charge is 2.16. The molecule has 0 amide bonds. The van der Waals surface area contributed by atoms with E-state index in [0.717, 1.165) is 0 Å². The average Bonchev–Trinajstić information content (AvgIpc) is 2.02. The fourth-order valence-electron chi connectivity index (χ4n) is 1.31. The number of benzene rings is 1. The fraction of sp³-hybridized carbons (Fsp3) is 0.300. The van der Waals surface area contributed by atoms with E-state index in [-0.39, 0.29) is 17.0 Å². The van der Waals surface area contributed by atoms with Crippen LogP contribution in [0.15, 0.2) is 18.2 Å². The van der Waals surface area contributed by atoms with E-state index in [0.29, 0.717) is 0 Å². The second-order valence-corrected chi connectivity index (χ2v) is 3.16. The maximum absolute atomic E-state index is 13.2. The SMILES string of the molecule is CC(C)c1c(F)cccc1C(=O)O. The number of hydrogen-bond acceptors (Lipinski definition) is 1. The summed E-state index contributed by atoms with van der Waals surface area (Å²) >= 11 is 0. The Kier molecular flexibility index (Phi) is 2.66. The lowest BCUT2D eigenvalue weighted by molar-refractivity contribution is 0.0694. The van der Waals surface area contributed by atoms with Crippen LogP contribution in [-0.4, -0.2) is 11.1 Å². The molecule has 0 saturated carbocycles. The van der Waals surface area contributed by atoms with Gasteiger partial charge in [0.15, 0.2) is 0 Å². The Balaban J connectivity index is 3.34. The summed E-state index contributed by atoms with van der Waals surface area (Å²) in [6.07, 6.45) is 0. The van der Waals surface area contributed by atoms with Crippen LogP contribution in [0.2, 0.25) is 0 Å². The van der Waals surface area contributed by atoms with Crippen molar-refractivity contribution in [2.24, 2.45) is 0 Å². The van der Waals surface area contributed by atoms with Gasteiger partial charge in [0.1, 0.15) is 5.82 Å². The molecule has 1 aromatic carbocycles. The van der Waals surface area contributed by atoms with Crippen molar-refractivity contribution in [2.45, 2.75) is 19.8 Å². The highest BCUT2D eigenvalue weighted by atomic mass is 19.1. The van der Waals surface area contributed by atoms with Crippen molar-refractivity contribution in [1.82, 2.24) is 0 Å². The van der Waals surface area contributed by atoms with E-state index in [1.54, 1.807) is 13.8 Å². The average molecular weight is 182 g/mol. The number of carboxylic acid groups (broad SMARTS) is 1. The molecular weight excluding hydrogens is 171 g/mol. The molecule has 0 fully saturated rings. The third kappa shape index (κ3) is 1.86. The molecule has 0 unspecified atom stereocenters. The summed E-state index contributed by atoms with van der Waals surface area (Å²) in [6, 6.07) is 4.10. The van der Waals surface area contributed by atoms with E-state index >= 15 is 0 Å². The Labute approximate surface area is 76.0 Å². The first-order chi connectivity index (χ1) is 6.04. The number of hydrogen-bond donors (Lipinski definition) is 1. The minimum atomic E-state index is -1.08. The molecule has 13 heavy (non-hydrogen) atoms. The van der Waals surface area contributed by atoms with Crippen molar-refractivity contribution < 1.29 is 14.3 Å². The molecule has 0 heterocycles. The van der Waals surface area contributed by atoms with Crippen LogP contribution in [-0.2, 0) is 0 Å². The van der Waals surface area contributed by atoms with E-state index in [1.807, 2.05) is 0 Å². The van der Waals surface area contributed by atoms with Crippen molar-refractivity contribution in [3.63, 3.8) is 0 Å². The van der Waals surface area contributed by atoms with E-state index in [2.05, 4.69) is 0 Å². The summed E-state index contributed by atoms with van der Waals surface area (Å²) in [5, 5.41) is 8.77. The Hall–Kier alpha value is -1.38. The van der Waals surface area contributed by atoms with Crippen LogP contribution in [0.5, 0.6) is 0 Å². The third-order valence-corrected chi connectivity index (χ3v) is 1.86. The molecule has 0 aliphatic rings. The molecule has 0 aliphatic carbocycles. The maximum Gasteiger partial charge on any atom is 0.336 e. The molecule has 0 spiro atoms. The van der Waals surface area contributed by atoms with Gasteiger partial charge < -0.3 is 5.11 Å². The van der Waals surface area contributed by atoms with Gasteiger partial charge in [-0.3, -0.25) is 0 Å². The van der Waals surface area contributed by atoms with E-state index in [1.165, 1.54) is 18.2 Å². The largest absolute Gasteiger partial charge is 0.478 e. The summed E-state index contributed by atoms with van der Waals surface area (Å²) in [5.74, 6) is -1.65. The highest BCUT2D eigenvalue weighted by molar-refractivity contribution is 5.89. The van der Waals surface area contributed by atoms with Gasteiger partial charge in [-0.25, -0.2) is 9.18 Å². The maximum atomic E-state index is 13.2. The lowest BCUT2D eigenvalue weighted by atomic mass is 9.97. The second-order valence-electron chi connectivity index (χ2n) is 3.16. The van der Waals surface area contributed by atoms with E-state index in [9.17, 15) is 9.18 Å². The Morgan fingerprint density at radius 3 is 2.46 bits per heavy atom. The Bertz CT molecular complexity index is 332. The smallest absolute Gasteiger partial charge is 0.336 e. The number of carboxylic acids is 1. The van der Waals surface area contributed by atoms with Crippen LogP contribution in [0.3, 0.4) is 0 Å². The third-order valence-electron chi connectivity index (χ3n) is 1.86. The first-order valence-electron chi connectivity index (χ1n) is 4.05. The van der Waals surface area contributed by atoms with Gasteiger partial charge in [0.2, 0.25) is 0 Å². The zero-order valence-corrected chi connectivity index (χ0v) is 7.54. The molecule has 0 radical (unpaired) electrons. The Morgan fingerprint density at radius 1 is 1.46 bits per heavy atom. The van der Waals surface area contributed by atoms with Gasteiger partial charge in [-0.1, -0.05) is 19.9 Å². The van der Waals surface area contributed by atoms with Gasteiger partial charge in [-0.2, -0.15) is 0 Å². The van der Waals surface area contributed by atoms with Gasteiger partial charge in [0, 0.05) is 5.56 Å². The number of carbonyl (C=O) groups is 1. The predicted octanol–water partition coefficient (Wildman–Crippen LogP) is 2.65. The fourth-order valence-corrected chi connectivity index (χ4v) is 1.31. The van der Waals surface area contributed by atoms with Gasteiger partial charge in [0.25, 0.3) is 0 Å². The summed E-state index contributed by atoms with van der Waals surface area (Å²) < 4.78 is 13.2. The van der Waals surface area contributed by atoms with Gasteiger partial charge in [-0.15, -0.1) is 0 Å². The van der Waals surface area contributed by atoms with Crippen LogP contribution in [0.1, 0.15) is 35.7 Å². The zero-order valence-electron chi connectivity index (χ0n) is 7.54. The predicted molar refractivity (Wildman–Crippen MR) is 47.4 cm³/mol. The zero-order chi connectivity index (χ0) is 10.0. The van der Waals surface area contributed by atoms with Crippen molar-refractivity contribution >= 4 is 5.97 Å². The molecule has 1 rings (SSSR count). The summed E-state index contributed by atoms with van der Waals surface area (Å²) in [4.78, 5) is 10.7. The topological polar surface area (TPSA) is 37.3 Å². The summed E-state index contributed by atoms with van der Waals surface area (Å²) in [6.45, 7) is 3.54. The van der Waals surface area contributed by atoms with Gasteiger partial charge in [-0.05, 0) is 18.1 Å². The van der Waals surface area contributed by atoms with Crippen LogP contribution >= 0.6 is 0 Å². The molecule has 0 aromatic heterocycles. The lowest BCUT2D eigenvalue weighted by Crippen LogP contribution is -2.06. The normalized spacial score (nSPS) is 10.5. The van der Waals surface area contributed by atoms with Crippen molar-refractivity contribution in [2.75, 3.05) is 0 Å². The summed E-state index contributed by atoms with van der Waals surface area (Å²) in [5.41, 5.74) is 0.324. The van der Waals surface area contributed by atoms with Crippen LogP contribution in [0.25, 0.3) is 0 Å². The standard InChI is InChI=1S/C10H11FO2/c1-6(2)9-7(10(12)13)4-3-5-8(9)11/h3-6H,1-2H3,(H,12,13). The number of halogens is 1. The minimum Gasteiger partial charge on any atom is -0.478 e. The first-order valence-corrected chi connectivity index (χ1v) is 4.05. The molecule has 1 aromatic rings. The van der Waals surface area contributed by atoms with E-state index < -0.39 is 11.8 Å². The minimum absolute atomic E-state index is 0.0509. The number of rotatable bonds is 2. The Morgan fingerprint density at radius 2 is 2.08 bits per heavy atom. The van der Waals surface area contributed by atoms with Gasteiger partial charge >= 0.3 is 5.97 Å². The molecule has 1 N–H and O–H groups in total. The number of aromatic carboxylic acids is 1. The summed E-state index contributed by atoms with van der Waals surface area (Å²) in [7, 11) is 0. The lowest BCUT2D eigenvalue weighted by Gasteiger charge is -2.09. The van der Waals surface area contributed by atoms with Crippen molar-refractivity contribution in [3.05, 3.63) is 35.1 Å². The monoisotopic (exact) mass is 182 g/mol. The molecule has 0 aliphatic heterocycles. The molecule has 0 saturated heterocycles. The van der Waals surface area contributed by atoms with Gasteiger partial charge in [0.05, 0.1) is 5.56 Å². The van der Waals surface area contributed by atoms with E-state index in [4.69, 9.17) is 5.11 Å². The van der Waals surface area contributed by atoms with Crippen molar-refractivity contribution in [1.29, 1.82) is 0 Å². The molecule has 0 atom stereocenters. The quantitative estimate of drug-likeness (QED) is 0.763.